The van der Waals surface area contributed by atoms with Gasteiger partial charge in [-0.1, -0.05) is 10.3 Å². The third-order valence-electron chi connectivity index (χ3n) is 1.75. The van der Waals surface area contributed by atoms with Gasteiger partial charge in [-0.25, -0.2) is 4.63 Å². The van der Waals surface area contributed by atoms with E-state index in [1.165, 1.54) is 0 Å². The van der Waals surface area contributed by atoms with Crippen molar-refractivity contribution in [1.29, 1.82) is 0 Å². The third kappa shape index (κ3) is 3.48. The molecule has 2 N–H and O–H groups in total. The molecule has 0 saturated carbocycles. The lowest BCUT2D eigenvalue weighted by Gasteiger charge is -2.14. The molecule has 0 aliphatic carbocycles. The Balaban J connectivity index is 2.31. The predicted molar refractivity (Wildman–Crippen MR) is 42.8 cm³/mol. The molecule has 1 heterocycles. The van der Waals surface area contributed by atoms with E-state index in [1.807, 2.05) is 0 Å². The smallest absolute Gasteiger partial charge is 0.382 e. The van der Waals surface area contributed by atoms with Gasteiger partial charge in [0.1, 0.15) is 11.4 Å². The molecular weight excluding hydrogens is 215 g/mol. The molecule has 0 amide bonds. The number of nitrogens with zero attached hydrogens (tertiary/aromatic N) is 2. The van der Waals surface area contributed by atoms with E-state index < -0.39 is 18.8 Å². The van der Waals surface area contributed by atoms with Gasteiger partial charge in [-0.3, -0.25) is 0 Å². The van der Waals surface area contributed by atoms with Crippen LogP contribution in [0.2, 0.25) is 0 Å². The molecule has 15 heavy (non-hydrogen) atoms. The van der Waals surface area contributed by atoms with Gasteiger partial charge < -0.3 is 10.4 Å². The molecule has 1 rings (SSSR count). The highest BCUT2D eigenvalue weighted by atomic mass is 19.4. The van der Waals surface area contributed by atoms with Gasteiger partial charge in [0.2, 0.25) is 0 Å². The van der Waals surface area contributed by atoms with Crippen molar-refractivity contribution in [1.82, 2.24) is 15.6 Å². The topological polar surface area (TPSA) is 71.2 Å². The monoisotopic (exact) mass is 225 g/mol. The Morgan fingerprint density at radius 3 is 2.60 bits per heavy atom. The van der Waals surface area contributed by atoms with E-state index >= 15 is 0 Å². The number of nitrogens with one attached hydrogen (secondary N) is 1. The van der Waals surface area contributed by atoms with Crippen molar-refractivity contribution >= 4 is 0 Å². The Kier molecular flexibility index (Phi) is 3.64. The van der Waals surface area contributed by atoms with Crippen LogP contribution < -0.4 is 5.32 Å². The van der Waals surface area contributed by atoms with Crippen molar-refractivity contribution in [2.24, 2.45) is 0 Å². The van der Waals surface area contributed by atoms with Crippen molar-refractivity contribution in [3.05, 3.63) is 11.4 Å². The number of rotatable bonds is 4. The van der Waals surface area contributed by atoms with Crippen molar-refractivity contribution in [3.8, 4) is 0 Å². The molecule has 86 valence electrons. The molecule has 1 aromatic rings. The van der Waals surface area contributed by atoms with Crippen molar-refractivity contribution < 1.29 is 22.9 Å². The summed E-state index contributed by atoms with van der Waals surface area (Å²) in [5.74, 6) is 0. The van der Waals surface area contributed by atoms with Gasteiger partial charge in [-0.2, -0.15) is 13.2 Å². The summed E-state index contributed by atoms with van der Waals surface area (Å²) < 4.78 is 39.9. The van der Waals surface area contributed by atoms with Crippen LogP contribution in [0.25, 0.3) is 0 Å². The standard InChI is InChI=1S/C7H10F3N3O2/c1-4-5(13-15-12-4)2-11-3-6(14)7(8,9)10/h6,11,14H,2-3H2,1H3. The summed E-state index contributed by atoms with van der Waals surface area (Å²) in [6, 6.07) is 0. The molecule has 0 bridgehead atoms. The van der Waals surface area contributed by atoms with Crippen LogP contribution in [0.4, 0.5) is 13.2 Å². The van der Waals surface area contributed by atoms with Gasteiger partial charge in [0, 0.05) is 13.1 Å². The minimum Gasteiger partial charge on any atom is -0.382 e. The molecule has 0 aliphatic rings. The van der Waals surface area contributed by atoms with Gasteiger partial charge in [-0.15, -0.1) is 0 Å². The van der Waals surface area contributed by atoms with Gasteiger partial charge in [0.25, 0.3) is 0 Å². The minimum atomic E-state index is -4.61. The number of aromatic nitrogens is 2. The molecule has 0 spiro atoms. The molecule has 0 fully saturated rings. The molecule has 0 aromatic carbocycles. The van der Waals surface area contributed by atoms with E-state index in [0.717, 1.165) is 0 Å². The molecule has 1 unspecified atom stereocenters. The van der Waals surface area contributed by atoms with Gasteiger partial charge in [0.15, 0.2) is 6.10 Å². The summed E-state index contributed by atoms with van der Waals surface area (Å²) in [7, 11) is 0. The summed E-state index contributed by atoms with van der Waals surface area (Å²) in [5.41, 5.74) is 0.924. The highest BCUT2D eigenvalue weighted by molar-refractivity contribution is 5.03. The van der Waals surface area contributed by atoms with Crippen molar-refractivity contribution in [3.63, 3.8) is 0 Å². The Labute approximate surface area is 83.2 Å². The van der Waals surface area contributed by atoms with Crippen LogP contribution in [-0.4, -0.2) is 34.2 Å². The number of aliphatic hydroxyl groups is 1. The van der Waals surface area contributed by atoms with Crippen LogP contribution in [0.3, 0.4) is 0 Å². The molecular formula is C7H10F3N3O2. The predicted octanol–water partition coefficient (Wildman–Crippen LogP) is 0.391. The fourth-order valence-corrected chi connectivity index (χ4v) is 0.853. The maximum absolute atomic E-state index is 11.9. The first-order valence-corrected chi connectivity index (χ1v) is 4.15. The maximum atomic E-state index is 11.9. The van der Waals surface area contributed by atoms with Crippen LogP contribution in [0, 0.1) is 6.92 Å². The quantitative estimate of drug-likeness (QED) is 0.775. The Bertz CT molecular complexity index is 313. The average molecular weight is 225 g/mol. The maximum Gasteiger partial charge on any atom is 0.415 e. The molecule has 1 aromatic heterocycles. The first-order chi connectivity index (χ1) is 6.91. The zero-order valence-corrected chi connectivity index (χ0v) is 7.88. The normalized spacial score (nSPS) is 14.2. The lowest BCUT2D eigenvalue weighted by Crippen LogP contribution is -2.38. The lowest BCUT2D eigenvalue weighted by atomic mass is 10.3. The van der Waals surface area contributed by atoms with Crippen LogP contribution in [-0.2, 0) is 6.54 Å². The highest BCUT2D eigenvalue weighted by Crippen LogP contribution is 2.19. The summed E-state index contributed by atoms with van der Waals surface area (Å²) >= 11 is 0. The van der Waals surface area contributed by atoms with Crippen LogP contribution >= 0.6 is 0 Å². The van der Waals surface area contributed by atoms with Crippen LogP contribution in [0.1, 0.15) is 11.4 Å². The highest BCUT2D eigenvalue weighted by Gasteiger charge is 2.37. The number of hydrogen-bond acceptors (Lipinski definition) is 5. The second-order valence-electron chi connectivity index (χ2n) is 2.98. The van der Waals surface area contributed by atoms with Crippen molar-refractivity contribution in [2.45, 2.75) is 25.7 Å². The average Bonchev–Trinajstić information content (AvgIpc) is 2.50. The third-order valence-corrected chi connectivity index (χ3v) is 1.75. The van der Waals surface area contributed by atoms with Crippen LogP contribution in [0.5, 0.6) is 0 Å². The number of aryl methyl sites for hydroxylation is 1. The molecule has 0 radical (unpaired) electrons. The van der Waals surface area contributed by atoms with E-state index in [2.05, 4.69) is 20.3 Å². The Morgan fingerprint density at radius 1 is 1.47 bits per heavy atom. The Hall–Kier alpha value is -1.15. The number of halogens is 3. The van der Waals surface area contributed by atoms with Crippen molar-refractivity contribution in [2.75, 3.05) is 6.54 Å². The Morgan fingerprint density at radius 2 is 2.13 bits per heavy atom. The lowest BCUT2D eigenvalue weighted by molar-refractivity contribution is -0.201. The van der Waals surface area contributed by atoms with E-state index in [-0.39, 0.29) is 6.54 Å². The SMILES string of the molecule is Cc1nonc1CNCC(O)C(F)(F)F. The fourth-order valence-electron chi connectivity index (χ4n) is 0.853. The summed E-state index contributed by atoms with van der Waals surface area (Å²) in [5, 5.41) is 18.0. The number of hydrogen-bond donors (Lipinski definition) is 2. The van der Waals surface area contributed by atoms with Gasteiger partial charge in [0.05, 0.1) is 0 Å². The largest absolute Gasteiger partial charge is 0.415 e. The first kappa shape index (κ1) is 11.9. The van der Waals surface area contributed by atoms with Crippen LogP contribution in [0.15, 0.2) is 4.63 Å². The second kappa shape index (κ2) is 4.58. The molecule has 5 nitrogen and oxygen atoms in total. The number of alkyl halides is 3. The summed E-state index contributed by atoms with van der Waals surface area (Å²) in [6.07, 6.45) is -6.98. The van der Waals surface area contributed by atoms with E-state index in [0.29, 0.717) is 11.4 Å². The molecule has 0 aliphatic heterocycles. The summed E-state index contributed by atoms with van der Waals surface area (Å²) in [6.45, 7) is 1.10. The minimum absolute atomic E-state index is 0.0719. The first-order valence-electron chi connectivity index (χ1n) is 4.15. The van der Waals surface area contributed by atoms with E-state index in [4.69, 9.17) is 5.11 Å². The second-order valence-corrected chi connectivity index (χ2v) is 2.98. The molecule has 8 heteroatoms. The summed E-state index contributed by atoms with van der Waals surface area (Å²) in [4.78, 5) is 0. The van der Waals surface area contributed by atoms with E-state index in [1.54, 1.807) is 6.92 Å². The molecule has 0 saturated heterocycles. The zero-order chi connectivity index (χ0) is 11.5. The number of aliphatic hydroxyl groups excluding tert-OH is 1. The van der Waals surface area contributed by atoms with E-state index in [9.17, 15) is 13.2 Å². The van der Waals surface area contributed by atoms with Gasteiger partial charge >= 0.3 is 6.18 Å². The fraction of sp³-hybridized carbons (Fsp3) is 0.714. The molecule has 1 atom stereocenters. The van der Waals surface area contributed by atoms with Gasteiger partial charge in [-0.05, 0) is 6.92 Å². The zero-order valence-electron chi connectivity index (χ0n) is 7.88.